The Morgan fingerprint density at radius 1 is 0.733 bits per heavy atom. The zero-order valence-electron chi connectivity index (χ0n) is 23.1. The van der Waals surface area contributed by atoms with Gasteiger partial charge in [-0.15, -0.1) is 13.2 Å². The van der Waals surface area contributed by atoms with Crippen LogP contribution in [0.2, 0.25) is 0 Å². The van der Waals surface area contributed by atoms with Crippen molar-refractivity contribution in [1.29, 1.82) is 0 Å². The van der Waals surface area contributed by atoms with Gasteiger partial charge in [0, 0.05) is 25.2 Å². The van der Waals surface area contributed by atoms with Crippen LogP contribution in [0.15, 0.2) is 77.7 Å². The van der Waals surface area contributed by atoms with Gasteiger partial charge in [-0.2, -0.15) is 26.3 Å². The van der Waals surface area contributed by atoms with E-state index in [9.17, 15) is 53.0 Å². The summed E-state index contributed by atoms with van der Waals surface area (Å²) in [5, 5.41) is 11.3. The lowest BCUT2D eigenvalue weighted by Gasteiger charge is -2.41. The first kappa shape index (κ1) is 34.5. The summed E-state index contributed by atoms with van der Waals surface area (Å²) in [6.45, 7) is -0.0535. The van der Waals surface area contributed by atoms with Gasteiger partial charge in [-0.05, 0) is 72.5 Å². The highest BCUT2D eigenvalue weighted by Crippen LogP contribution is 2.33. The SMILES string of the molecule is O=S(=O)(N[C@H]1CCC[C@@H](N(Cc2ccc(C(F)(F)F)cc2)Cc2ccc(C(F)(F)F)cc2)[C@@H]1O)c1ccc(OC(F)(F)F)cc1. The van der Waals surface area contributed by atoms with Crippen molar-refractivity contribution in [3.05, 3.63) is 95.1 Å². The Labute approximate surface area is 252 Å². The highest BCUT2D eigenvalue weighted by atomic mass is 32.2. The zero-order chi connectivity index (χ0) is 33.2. The molecule has 0 heterocycles. The minimum Gasteiger partial charge on any atom is -0.406 e. The van der Waals surface area contributed by atoms with E-state index in [-0.39, 0.29) is 19.5 Å². The van der Waals surface area contributed by atoms with Crippen LogP contribution in [0.1, 0.15) is 41.5 Å². The molecule has 0 amide bonds. The molecule has 45 heavy (non-hydrogen) atoms. The molecule has 6 nitrogen and oxygen atoms in total. The number of nitrogens with one attached hydrogen (secondary N) is 1. The first-order valence-electron chi connectivity index (χ1n) is 13.4. The Morgan fingerprint density at radius 3 is 1.62 bits per heavy atom. The number of halogens is 9. The molecular weight excluding hydrogens is 643 g/mol. The predicted octanol–water partition coefficient (Wildman–Crippen LogP) is 6.89. The highest BCUT2D eigenvalue weighted by molar-refractivity contribution is 7.89. The van der Waals surface area contributed by atoms with Crippen molar-refractivity contribution in [2.45, 2.75) is 74.2 Å². The van der Waals surface area contributed by atoms with Crippen LogP contribution in [0.5, 0.6) is 5.75 Å². The van der Waals surface area contributed by atoms with Gasteiger partial charge in [-0.3, -0.25) is 4.90 Å². The first-order chi connectivity index (χ1) is 20.8. The number of benzene rings is 3. The van der Waals surface area contributed by atoms with Crippen molar-refractivity contribution >= 4 is 10.0 Å². The summed E-state index contributed by atoms with van der Waals surface area (Å²) in [5.74, 6) is -0.638. The van der Waals surface area contributed by atoms with Gasteiger partial charge >= 0.3 is 18.7 Å². The molecule has 0 aliphatic heterocycles. The minimum absolute atomic E-state index is 0.0268. The van der Waals surface area contributed by atoms with Gasteiger partial charge in [-0.25, -0.2) is 13.1 Å². The Balaban J connectivity index is 1.56. The van der Waals surface area contributed by atoms with Crippen LogP contribution in [0.25, 0.3) is 0 Å². The number of rotatable bonds is 9. The lowest BCUT2D eigenvalue weighted by atomic mass is 9.87. The number of aliphatic hydroxyl groups excluding tert-OH is 1. The summed E-state index contributed by atoms with van der Waals surface area (Å²) in [6.07, 6.45) is -14.6. The lowest BCUT2D eigenvalue weighted by Crippen LogP contribution is -2.56. The van der Waals surface area contributed by atoms with Crippen LogP contribution in [-0.4, -0.2) is 43.0 Å². The largest absolute Gasteiger partial charge is 0.573 e. The molecule has 0 bridgehead atoms. The second-order valence-electron chi connectivity index (χ2n) is 10.5. The van der Waals surface area contributed by atoms with Crippen molar-refractivity contribution < 1.29 is 57.8 Å². The van der Waals surface area contributed by atoms with Crippen LogP contribution >= 0.6 is 0 Å². The molecular formula is C29H27F9N2O4S. The van der Waals surface area contributed by atoms with Gasteiger partial charge in [-0.1, -0.05) is 30.7 Å². The Kier molecular flexibility index (Phi) is 10.1. The smallest absolute Gasteiger partial charge is 0.406 e. The van der Waals surface area contributed by atoms with Crippen LogP contribution in [0.3, 0.4) is 0 Å². The molecule has 1 aliphatic carbocycles. The van der Waals surface area contributed by atoms with Crippen LogP contribution < -0.4 is 9.46 Å². The van der Waals surface area contributed by atoms with E-state index < -0.39 is 68.7 Å². The maximum Gasteiger partial charge on any atom is 0.573 e. The Bertz CT molecular complexity index is 1470. The van der Waals surface area contributed by atoms with Crippen molar-refractivity contribution in [3.8, 4) is 5.75 Å². The molecule has 0 radical (unpaired) electrons. The minimum atomic E-state index is -4.98. The molecule has 1 aliphatic rings. The first-order valence-corrected chi connectivity index (χ1v) is 14.9. The third-order valence-corrected chi connectivity index (χ3v) is 8.80. The summed E-state index contributed by atoms with van der Waals surface area (Å²) in [5.41, 5.74) is -0.951. The molecule has 2 N–H and O–H groups in total. The van der Waals surface area contributed by atoms with E-state index >= 15 is 0 Å². The van der Waals surface area contributed by atoms with E-state index in [1.807, 2.05) is 0 Å². The summed E-state index contributed by atoms with van der Waals surface area (Å²) in [6, 6.07) is 10.1. The van der Waals surface area contributed by atoms with E-state index in [1.54, 1.807) is 4.90 Å². The molecule has 246 valence electrons. The molecule has 16 heteroatoms. The number of aliphatic hydroxyl groups is 1. The van der Waals surface area contributed by atoms with Gasteiger partial charge < -0.3 is 9.84 Å². The maximum absolute atomic E-state index is 13.1. The highest BCUT2D eigenvalue weighted by Gasteiger charge is 2.38. The Morgan fingerprint density at radius 2 is 1.20 bits per heavy atom. The molecule has 3 aromatic carbocycles. The number of sulfonamides is 1. The van der Waals surface area contributed by atoms with Gasteiger partial charge in [0.2, 0.25) is 10.0 Å². The third kappa shape index (κ3) is 9.34. The fourth-order valence-corrected chi connectivity index (χ4v) is 6.42. The molecule has 4 rings (SSSR count). The van der Waals surface area contributed by atoms with Crippen molar-refractivity contribution in [2.75, 3.05) is 0 Å². The topological polar surface area (TPSA) is 78.9 Å². The quantitative estimate of drug-likeness (QED) is 0.243. The van der Waals surface area contributed by atoms with E-state index in [2.05, 4.69) is 9.46 Å². The third-order valence-electron chi connectivity index (χ3n) is 7.30. The summed E-state index contributed by atoms with van der Waals surface area (Å²) in [7, 11) is -4.34. The van der Waals surface area contributed by atoms with Crippen molar-refractivity contribution in [2.24, 2.45) is 0 Å². The van der Waals surface area contributed by atoms with Gasteiger partial charge in [0.1, 0.15) is 5.75 Å². The van der Waals surface area contributed by atoms with Gasteiger partial charge in [0.15, 0.2) is 0 Å². The maximum atomic E-state index is 13.1. The van der Waals surface area contributed by atoms with Crippen LogP contribution in [-0.2, 0) is 35.5 Å². The second kappa shape index (κ2) is 13.2. The lowest BCUT2D eigenvalue weighted by molar-refractivity contribution is -0.274. The average molecular weight is 671 g/mol. The average Bonchev–Trinajstić information content (AvgIpc) is 2.93. The van der Waals surface area contributed by atoms with Gasteiger partial charge in [0.05, 0.1) is 22.1 Å². The molecule has 0 aromatic heterocycles. The number of hydrogen-bond donors (Lipinski definition) is 2. The number of ether oxygens (including phenoxy) is 1. The molecule has 3 atom stereocenters. The molecule has 0 unspecified atom stereocenters. The van der Waals surface area contributed by atoms with E-state index in [0.717, 1.165) is 48.5 Å². The second-order valence-corrected chi connectivity index (χ2v) is 12.2. The van der Waals surface area contributed by atoms with Crippen molar-refractivity contribution in [1.82, 2.24) is 9.62 Å². The fraction of sp³-hybridized carbons (Fsp3) is 0.379. The Hall–Kier alpha value is -3.34. The molecule has 3 aromatic rings. The molecule has 1 fully saturated rings. The molecule has 1 saturated carbocycles. The summed E-state index contributed by atoms with van der Waals surface area (Å²) >= 11 is 0. The van der Waals surface area contributed by atoms with Crippen molar-refractivity contribution in [3.63, 3.8) is 0 Å². The van der Waals surface area contributed by atoms with E-state index in [4.69, 9.17) is 0 Å². The molecule has 0 saturated heterocycles. The number of alkyl halides is 9. The summed E-state index contributed by atoms with van der Waals surface area (Å²) < 4.78 is 148. The standard InChI is InChI=1S/C29H27F9N2O4S/c30-27(31,32)20-8-4-18(5-9-20)16-40(17-19-6-10-21(11-7-19)28(33,34)35)25-3-1-2-24(26(25)41)39-45(42,43)23-14-12-22(13-15-23)44-29(36,37)38/h4-15,24-26,39,41H,1-3,16-17H2/t24-,25+,26+/m0/s1. The predicted molar refractivity (Wildman–Crippen MR) is 143 cm³/mol. The summed E-state index contributed by atoms with van der Waals surface area (Å²) in [4.78, 5) is 1.26. The van der Waals surface area contributed by atoms with Gasteiger partial charge in [0.25, 0.3) is 0 Å². The molecule has 0 spiro atoms. The zero-order valence-corrected chi connectivity index (χ0v) is 23.9. The number of nitrogens with zero attached hydrogens (tertiary/aromatic N) is 1. The van der Waals surface area contributed by atoms with E-state index in [1.165, 1.54) is 24.3 Å². The van der Waals surface area contributed by atoms with E-state index in [0.29, 0.717) is 24.0 Å². The monoisotopic (exact) mass is 670 g/mol. The van der Waals surface area contributed by atoms with Crippen LogP contribution in [0, 0.1) is 0 Å². The fourth-order valence-electron chi connectivity index (χ4n) is 5.13. The number of hydrogen-bond acceptors (Lipinski definition) is 5. The van der Waals surface area contributed by atoms with Crippen LogP contribution in [0.4, 0.5) is 39.5 Å². The normalized spacial score (nSPS) is 19.9.